The highest BCUT2D eigenvalue weighted by Crippen LogP contribution is 2.39. The van der Waals surface area contributed by atoms with Crippen molar-refractivity contribution in [3.05, 3.63) is 51.0 Å². The van der Waals surface area contributed by atoms with E-state index in [1.165, 1.54) is 24.3 Å². The monoisotopic (exact) mass is 583 g/mol. The number of phenols is 2. The number of hydrogen-bond acceptors (Lipinski definition) is 10. The second-order valence-corrected chi connectivity index (χ2v) is 9.12. The number of nitrogens with two attached hydrogens (primary N) is 1. The zero-order chi connectivity index (χ0) is 26.6. The molecule has 14 heteroatoms. The van der Waals surface area contributed by atoms with Gasteiger partial charge in [-0.2, -0.15) is 0 Å². The van der Waals surface area contributed by atoms with Gasteiger partial charge in [-0.15, -0.1) is 0 Å². The van der Waals surface area contributed by atoms with Crippen molar-refractivity contribution in [1.29, 1.82) is 0 Å². The van der Waals surface area contributed by atoms with Crippen molar-refractivity contribution in [2.75, 3.05) is 25.0 Å². The maximum atomic E-state index is 13.6. The highest BCUT2D eigenvalue weighted by atomic mass is 79.9. The van der Waals surface area contributed by atoms with Gasteiger partial charge in [0.15, 0.2) is 5.96 Å². The predicted octanol–water partition coefficient (Wildman–Crippen LogP) is 1.39. The van der Waals surface area contributed by atoms with Crippen molar-refractivity contribution in [2.24, 2.45) is 10.7 Å². The molecule has 1 unspecified atom stereocenters. The zero-order valence-corrected chi connectivity index (χ0v) is 21.0. The number of benzene rings is 2. The maximum Gasteiger partial charge on any atom is 0.305 e. The van der Waals surface area contributed by atoms with E-state index in [9.17, 15) is 34.8 Å². The van der Waals surface area contributed by atoms with Crippen LogP contribution in [0.2, 0.25) is 5.02 Å². The van der Waals surface area contributed by atoms with Crippen LogP contribution in [0.4, 0.5) is 5.69 Å². The van der Waals surface area contributed by atoms with Gasteiger partial charge in [0.2, 0.25) is 5.91 Å². The largest absolute Gasteiger partial charge is 0.508 e. The van der Waals surface area contributed by atoms with Crippen molar-refractivity contribution >= 4 is 57.0 Å². The van der Waals surface area contributed by atoms with E-state index >= 15 is 0 Å². The third kappa shape index (κ3) is 6.43. The predicted molar refractivity (Wildman–Crippen MR) is 134 cm³/mol. The lowest BCUT2D eigenvalue weighted by atomic mass is 9.99. The van der Waals surface area contributed by atoms with Gasteiger partial charge in [-0.05, 0) is 40.2 Å². The smallest absolute Gasteiger partial charge is 0.305 e. The van der Waals surface area contributed by atoms with E-state index in [4.69, 9.17) is 17.3 Å². The molecule has 0 radical (unpaired) electrons. The minimum atomic E-state index is -1.48. The zero-order valence-electron chi connectivity index (χ0n) is 18.6. The molecule has 2 aromatic rings. The van der Waals surface area contributed by atoms with Crippen molar-refractivity contribution in [3.8, 4) is 11.5 Å². The molecule has 1 aliphatic heterocycles. The lowest BCUT2D eigenvalue weighted by Gasteiger charge is -2.30. The highest BCUT2D eigenvalue weighted by Gasteiger charge is 2.35. The quantitative estimate of drug-likeness (QED) is 0.250. The molecule has 0 saturated heterocycles. The molecule has 3 rings (SSSR count). The van der Waals surface area contributed by atoms with E-state index in [-0.39, 0.29) is 51.1 Å². The summed E-state index contributed by atoms with van der Waals surface area (Å²) in [5.74, 6) is -3.71. The number of hydrogen-bond donors (Lipinski definition) is 7. The first kappa shape index (κ1) is 27.2. The summed E-state index contributed by atoms with van der Waals surface area (Å²) >= 11 is 9.20. The van der Waals surface area contributed by atoms with Gasteiger partial charge in [0.1, 0.15) is 11.5 Å². The summed E-state index contributed by atoms with van der Waals surface area (Å²) in [5.41, 5.74) is 5.49. The average molecular weight is 585 g/mol. The fourth-order valence-corrected chi connectivity index (χ4v) is 4.40. The fourth-order valence-electron chi connectivity index (χ4n) is 3.57. The number of halogens is 2. The molecule has 0 saturated carbocycles. The van der Waals surface area contributed by atoms with Crippen molar-refractivity contribution in [1.82, 2.24) is 10.2 Å². The molecule has 1 aliphatic rings. The second-order valence-electron chi connectivity index (χ2n) is 7.83. The minimum Gasteiger partial charge on any atom is -0.508 e. The number of carboxylic acids is 1. The normalized spacial score (nSPS) is 15.9. The van der Waals surface area contributed by atoms with Crippen LogP contribution in [0.3, 0.4) is 0 Å². The first-order chi connectivity index (χ1) is 17.0. The van der Waals surface area contributed by atoms with Crippen LogP contribution in [-0.4, -0.2) is 74.8 Å². The maximum absolute atomic E-state index is 13.6. The number of nitrogens with one attached hydrogen (secondary N) is 2. The summed E-state index contributed by atoms with van der Waals surface area (Å²) in [7, 11) is 0. The minimum absolute atomic E-state index is 0.0928. The molecule has 36 heavy (non-hydrogen) atoms. The van der Waals surface area contributed by atoms with Crippen LogP contribution >= 0.6 is 27.5 Å². The van der Waals surface area contributed by atoms with Crippen LogP contribution in [-0.2, 0) is 9.59 Å². The number of amides is 2. The molecule has 8 N–H and O–H groups in total. The Hall–Kier alpha value is -3.39. The van der Waals surface area contributed by atoms with Gasteiger partial charge in [-0.3, -0.25) is 24.3 Å². The summed E-state index contributed by atoms with van der Waals surface area (Å²) in [5, 5.41) is 45.7. The number of aliphatic carboxylic acids is 1. The number of aliphatic imine (C=N–C) groups is 1. The number of carbonyl (C=O) groups excluding carboxylic acids is 2. The summed E-state index contributed by atoms with van der Waals surface area (Å²) < 4.78 is 0.128. The third-order valence-corrected chi connectivity index (χ3v) is 5.97. The van der Waals surface area contributed by atoms with E-state index in [1.54, 1.807) is 0 Å². The lowest BCUT2D eigenvalue weighted by molar-refractivity contribution is -0.139. The number of aliphatic hydroxyl groups is 1. The van der Waals surface area contributed by atoms with Crippen LogP contribution in [0.1, 0.15) is 28.4 Å². The third-order valence-electron chi connectivity index (χ3n) is 5.15. The Morgan fingerprint density at radius 1 is 1.25 bits per heavy atom. The number of rotatable bonds is 7. The number of guanidine groups is 1. The summed E-state index contributed by atoms with van der Waals surface area (Å²) in [6, 6.07) is 4.84. The molecule has 12 nitrogen and oxygen atoms in total. The number of β-amino-alcohol motifs (C(OH)–C–C–N with tert-alkyl or cyclic N) is 1. The van der Waals surface area contributed by atoms with Crippen LogP contribution in [0, 0.1) is 0 Å². The highest BCUT2D eigenvalue weighted by molar-refractivity contribution is 9.10. The number of aliphatic hydroxyl groups excluding tert-OH is 1. The first-order valence-corrected chi connectivity index (χ1v) is 11.7. The topological polar surface area (TPSA) is 198 Å². The van der Waals surface area contributed by atoms with Crippen LogP contribution < -0.4 is 16.4 Å². The van der Waals surface area contributed by atoms with Gasteiger partial charge in [-0.1, -0.05) is 11.6 Å². The molecule has 0 fully saturated rings. The number of imide groups is 1. The fraction of sp³-hybridized carbons (Fsp3) is 0.273. The van der Waals surface area contributed by atoms with E-state index < -0.39 is 48.6 Å². The number of carboxylic acid groups (broad SMARTS) is 1. The molecule has 192 valence electrons. The van der Waals surface area contributed by atoms with Crippen LogP contribution in [0.15, 0.2) is 39.8 Å². The molecular formula is C22H23BrClN5O7. The SMILES string of the molecule is NCC(=O)N(C(=O)c1cc(O)cc(NC2=NCC(O)CN2)c1)[C@H](CC(=O)O)c1cc(Cl)cc(Br)c1O. The summed E-state index contributed by atoms with van der Waals surface area (Å²) in [4.78, 5) is 42.8. The Morgan fingerprint density at radius 2 is 1.97 bits per heavy atom. The Labute approximate surface area is 218 Å². The van der Waals surface area contributed by atoms with Crippen molar-refractivity contribution in [3.63, 3.8) is 0 Å². The van der Waals surface area contributed by atoms with Gasteiger partial charge < -0.3 is 36.8 Å². The van der Waals surface area contributed by atoms with Gasteiger partial charge >= 0.3 is 5.97 Å². The molecule has 0 bridgehead atoms. The van der Waals surface area contributed by atoms with E-state index in [1.807, 2.05) is 0 Å². The van der Waals surface area contributed by atoms with E-state index in [2.05, 4.69) is 31.6 Å². The second kappa shape index (κ2) is 11.6. The van der Waals surface area contributed by atoms with E-state index in [0.29, 0.717) is 4.90 Å². The van der Waals surface area contributed by atoms with Gasteiger partial charge in [0.05, 0.1) is 36.1 Å². The Morgan fingerprint density at radius 3 is 2.58 bits per heavy atom. The molecule has 1 heterocycles. The molecular weight excluding hydrogens is 562 g/mol. The standard InChI is InChI=1S/C22H23BrClN5O7/c23-16-4-11(24)3-15(20(16)35)17(6-19(33)34)29(18(32)7-25)21(36)10-1-12(5-13(30)2-10)28-22-26-8-14(31)9-27-22/h1-5,14,17,30-31,35H,6-9,25H2,(H,33,34)(H2,26,27,28)/t17-/m1/s1. The number of anilines is 1. The molecule has 0 aromatic heterocycles. The Bertz CT molecular complexity index is 1230. The average Bonchev–Trinajstić information content (AvgIpc) is 2.81. The first-order valence-electron chi connectivity index (χ1n) is 10.5. The molecule has 0 aliphatic carbocycles. The van der Waals surface area contributed by atoms with Crippen LogP contribution in [0.5, 0.6) is 11.5 Å². The molecule has 2 aromatic carbocycles. The number of phenolic OH excluding ortho intramolecular Hbond substituents is 2. The molecule has 2 amide bonds. The Balaban J connectivity index is 2.06. The lowest BCUT2D eigenvalue weighted by Crippen LogP contribution is -2.44. The molecule has 2 atom stereocenters. The number of aromatic hydroxyl groups is 2. The number of nitrogens with zero attached hydrogens (tertiary/aromatic N) is 2. The summed E-state index contributed by atoms with van der Waals surface area (Å²) in [6.07, 6.45) is -1.41. The molecule has 0 spiro atoms. The van der Waals surface area contributed by atoms with Gasteiger partial charge in [0.25, 0.3) is 5.91 Å². The van der Waals surface area contributed by atoms with Crippen molar-refractivity contribution < 1.29 is 34.8 Å². The van der Waals surface area contributed by atoms with Gasteiger partial charge in [-0.25, -0.2) is 0 Å². The Kier molecular flexibility index (Phi) is 8.74. The number of carbonyl (C=O) groups is 3. The summed E-state index contributed by atoms with van der Waals surface area (Å²) in [6.45, 7) is -0.254. The van der Waals surface area contributed by atoms with Gasteiger partial charge in [0, 0.05) is 34.4 Å². The van der Waals surface area contributed by atoms with Crippen LogP contribution in [0.25, 0.3) is 0 Å². The van der Waals surface area contributed by atoms with E-state index in [0.717, 1.165) is 6.07 Å². The van der Waals surface area contributed by atoms with Crippen molar-refractivity contribution in [2.45, 2.75) is 18.6 Å².